The van der Waals surface area contributed by atoms with E-state index in [0.717, 1.165) is 131 Å². The van der Waals surface area contributed by atoms with E-state index in [-0.39, 0.29) is 17.1 Å². The molecule has 5 heterocycles. The molecule has 0 saturated carbocycles. The number of rotatable bonds is 0. The largest absolute Gasteiger partial charge is 2.00 e. The van der Waals surface area contributed by atoms with Crippen molar-refractivity contribution in [1.82, 2.24) is 39.9 Å². The van der Waals surface area contributed by atoms with Crippen LogP contribution >= 0.6 is 0 Å². The standard InChI is InChI=1S/C56H40N8.Cu/c1-25-33-17-9-10-18-34(33)26(2)42-41(25)49-57-50(42)62-52-45-29(5)37-21-13-14-22-38(37)30(6)46(45)54(59-52)64-56-48-32(8)40-24-16-15-23-39(40)31(7)47(48)55(60-56)63-53-44-28(4)36-20-12-11-19-35(36)27(3)43(44)51(58-53)61-49;/h9-24H,1-8H3;/q-2;+2. The van der Waals surface area contributed by atoms with E-state index >= 15 is 0 Å². The van der Waals surface area contributed by atoms with Crippen LogP contribution in [0, 0.1) is 55.4 Å². The Labute approximate surface area is 384 Å². The summed E-state index contributed by atoms with van der Waals surface area (Å²) in [6.07, 6.45) is 0. The second-order valence-electron chi connectivity index (χ2n) is 17.7. The van der Waals surface area contributed by atoms with Crippen molar-refractivity contribution in [3.05, 3.63) is 142 Å². The summed E-state index contributed by atoms with van der Waals surface area (Å²) >= 11 is 0. The number of aryl methyl sites for hydroxylation is 8. The third-order valence-electron chi connectivity index (χ3n) is 14.4. The molecule has 0 fully saturated rings. The predicted molar refractivity (Wildman–Crippen MR) is 262 cm³/mol. The number of benzene rings is 8. The van der Waals surface area contributed by atoms with Crippen molar-refractivity contribution in [3.8, 4) is 45.6 Å². The van der Waals surface area contributed by atoms with Crippen LogP contribution in [0.5, 0.6) is 0 Å². The molecule has 0 amide bonds. The van der Waals surface area contributed by atoms with Crippen LogP contribution in [0.15, 0.2) is 97.1 Å². The predicted octanol–water partition coefficient (Wildman–Crippen LogP) is 13.2. The van der Waals surface area contributed by atoms with E-state index in [9.17, 15) is 0 Å². The van der Waals surface area contributed by atoms with Crippen molar-refractivity contribution in [1.29, 1.82) is 0 Å². The third kappa shape index (κ3) is 5.19. The topological polar surface area (TPSA) is 106 Å². The molecule has 0 saturated heterocycles. The fraction of sp³-hybridized carbons (Fsp3) is 0.143. The Hall–Kier alpha value is -7.32. The number of fused-ring (bicyclic) bond motifs is 24. The van der Waals surface area contributed by atoms with Gasteiger partial charge >= 0.3 is 17.1 Å². The quantitative estimate of drug-likeness (QED) is 0.139. The third-order valence-corrected chi connectivity index (χ3v) is 14.4. The second kappa shape index (κ2) is 13.8. The van der Waals surface area contributed by atoms with Gasteiger partial charge in [-0.05, 0) is 165 Å². The summed E-state index contributed by atoms with van der Waals surface area (Å²) in [7, 11) is 0. The first-order chi connectivity index (χ1) is 31.1. The van der Waals surface area contributed by atoms with Crippen molar-refractivity contribution >= 4 is 87.2 Å². The fourth-order valence-corrected chi connectivity index (χ4v) is 11.3. The van der Waals surface area contributed by atoms with Gasteiger partial charge in [-0.1, -0.05) is 97.1 Å². The molecule has 1 radical (unpaired) electrons. The number of hydrogen-bond acceptors (Lipinski definition) is 6. The van der Waals surface area contributed by atoms with Gasteiger partial charge in [0.05, 0.1) is 23.3 Å². The molecule has 13 rings (SSSR count). The maximum Gasteiger partial charge on any atom is 2.00 e. The molecule has 8 nitrogen and oxygen atoms in total. The molecule has 0 N–H and O–H groups in total. The molecule has 0 unspecified atom stereocenters. The molecule has 9 heteroatoms. The van der Waals surface area contributed by atoms with Crippen molar-refractivity contribution in [3.63, 3.8) is 0 Å². The zero-order valence-electron chi connectivity index (χ0n) is 37.1. The first-order valence-electron chi connectivity index (χ1n) is 21.9. The molecule has 2 aliphatic rings. The minimum Gasteiger partial charge on any atom is -0.357 e. The molecule has 11 aromatic rings. The molecular formula is C56H40CuN8. The summed E-state index contributed by atoms with van der Waals surface area (Å²) < 4.78 is 0. The molecule has 8 aromatic carbocycles. The van der Waals surface area contributed by atoms with Gasteiger partial charge in [0.15, 0.2) is 0 Å². The van der Waals surface area contributed by atoms with Crippen LogP contribution in [0.4, 0.5) is 0 Å². The van der Waals surface area contributed by atoms with Gasteiger partial charge in [-0.15, -0.1) is 0 Å². The minimum atomic E-state index is 0. The Kier molecular flexibility index (Phi) is 8.36. The fourth-order valence-electron chi connectivity index (χ4n) is 11.3. The van der Waals surface area contributed by atoms with Gasteiger partial charge in [0.2, 0.25) is 0 Å². The van der Waals surface area contributed by atoms with Gasteiger partial charge in [0, 0.05) is 44.8 Å². The molecule has 8 bridgehead atoms. The van der Waals surface area contributed by atoms with E-state index in [4.69, 9.17) is 39.9 Å². The summed E-state index contributed by atoms with van der Waals surface area (Å²) in [5.41, 5.74) is 14.8. The molecule has 315 valence electrons. The van der Waals surface area contributed by atoms with Gasteiger partial charge in [-0.25, -0.2) is 9.97 Å². The number of nitrogens with zero attached hydrogens (tertiary/aromatic N) is 8. The number of aromatic nitrogens is 8. The van der Waals surface area contributed by atoms with Crippen molar-refractivity contribution in [2.45, 2.75) is 55.4 Å². The second-order valence-corrected chi connectivity index (χ2v) is 17.7. The van der Waals surface area contributed by atoms with E-state index in [2.05, 4.69) is 152 Å². The Morgan fingerprint density at radius 3 is 0.646 bits per heavy atom. The molecule has 65 heavy (non-hydrogen) atoms. The number of hydrogen-bond donors (Lipinski definition) is 0. The molecule has 3 aromatic heterocycles. The van der Waals surface area contributed by atoms with Gasteiger partial charge in [-0.2, -0.15) is 0 Å². The average Bonchev–Trinajstić information content (AvgIpc) is 4.07. The minimum absolute atomic E-state index is 0. The first-order valence-corrected chi connectivity index (χ1v) is 21.9. The van der Waals surface area contributed by atoms with Gasteiger partial charge < -0.3 is 29.9 Å². The van der Waals surface area contributed by atoms with Crippen molar-refractivity contribution < 1.29 is 17.1 Å². The van der Waals surface area contributed by atoms with Crippen LogP contribution in [-0.2, 0) is 17.1 Å². The summed E-state index contributed by atoms with van der Waals surface area (Å²) in [6.45, 7) is 17.3. The van der Waals surface area contributed by atoms with Crippen molar-refractivity contribution in [2.24, 2.45) is 0 Å². The molecule has 0 aliphatic carbocycles. The van der Waals surface area contributed by atoms with Crippen molar-refractivity contribution in [2.75, 3.05) is 0 Å². The van der Waals surface area contributed by atoms with Gasteiger partial charge in [0.1, 0.15) is 0 Å². The monoisotopic (exact) mass is 887 g/mol. The van der Waals surface area contributed by atoms with Crippen LogP contribution in [0.3, 0.4) is 0 Å². The van der Waals surface area contributed by atoms with Crippen LogP contribution in [0.25, 0.3) is 133 Å². The molecule has 0 spiro atoms. The average molecular weight is 889 g/mol. The Morgan fingerprint density at radius 1 is 0.262 bits per heavy atom. The molecular weight excluding hydrogens is 848 g/mol. The maximum absolute atomic E-state index is 5.51. The summed E-state index contributed by atoms with van der Waals surface area (Å²) in [5.74, 6) is 2.28. The molecule has 0 atom stereocenters. The van der Waals surface area contributed by atoms with E-state index in [0.29, 0.717) is 45.9 Å². The summed E-state index contributed by atoms with van der Waals surface area (Å²) in [5, 5.41) is 13.0. The Morgan fingerprint density at radius 2 is 0.446 bits per heavy atom. The first kappa shape index (κ1) is 39.3. The Balaban J connectivity index is 0.00000444. The van der Waals surface area contributed by atoms with E-state index < -0.39 is 0 Å². The van der Waals surface area contributed by atoms with Crippen LogP contribution in [-0.4, -0.2) is 29.9 Å². The van der Waals surface area contributed by atoms with Gasteiger partial charge in [-0.3, -0.25) is 0 Å². The SMILES string of the molecule is Cc1c2c(c(C)c3ccccc13)-c1nc-2nc2[n-]c(nc3nc(nc4[n-]c(n1)c1c(C)c5ccccc5c(C)c41)-c1c-3c(C)c3ccccc3c1C)c1c(C)c3ccccc3c(C)c21.[Cu+2]. The van der Waals surface area contributed by atoms with Crippen LogP contribution in [0.2, 0.25) is 0 Å². The van der Waals surface area contributed by atoms with Crippen LogP contribution < -0.4 is 9.97 Å². The maximum atomic E-state index is 5.51. The van der Waals surface area contributed by atoms with E-state index in [1.165, 1.54) is 0 Å². The zero-order valence-corrected chi connectivity index (χ0v) is 38.1. The summed E-state index contributed by atoms with van der Waals surface area (Å²) in [4.78, 5) is 43.6. The summed E-state index contributed by atoms with van der Waals surface area (Å²) in [6, 6.07) is 34.2. The molecule has 2 aliphatic heterocycles. The Bertz CT molecular complexity index is 3650. The van der Waals surface area contributed by atoms with E-state index in [1.54, 1.807) is 0 Å². The normalized spacial score (nSPS) is 12.2. The zero-order chi connectivity index (χ0) is 43.4. The van der Waals surface area contributed by atoms with E-state index in [1.807, 2.05) is 0 Å². The smallest absolute Gasteiger partial charge is 0.357 e. The van der Waals surface area contributed by atoms with Crippen LogP contribution in [0.1, 0.15) is 44.5 Å². The van der Waals surface area contributed by atoms with Gasteiger partial charge in [0.25, 0.3) is 0 Å².